The molecule has 1 saturated carbocycles. The van der Waals surface area contributed by atoms with Gasteiger partial charge in [0.15, 0.2) is 0 Å². The first-order valence-electron chi connectivity index (χ1n) is 9.30. The van der Waals surface area contributed by atoms with Gasteiger partial charge in [0.1, 0.15) is 22.7 Å². The lowest BCUT2D eigenvalue weighted by Crippen LogP contribution is -2.07. The lowest BCUT2D eigenvalue weighted by Gasteiger charge is -2.15. The molecule has 1 spiro atoms. The summed E-state index contributed by atoms with van der Waals surface area (Å²) in [6.07, 6.45) is 4.67. The standard InChI is InChI=1S/C22H20FNO3/c1-26-21(25)19-15-11-16-17(24-10-2-7-22(16)8-9-22)12-18(15)27-20(19)13-3-5-14(23)6-4-13/h3-6,11-12,24H,2,7-10H2,1H3. The van der Waals surface area contributed by atoms with Crippen molar-refractivity contribution in [2.45, 2.75) is 31.1 Å². The van der Waals surface area contributed by atoms with Gasteiger partial charge in [0, 0.05) is 29.2 Å². The van der Waals surface area contributed by atoms with Crippen molar-refractivity contribution >= 4 is 22.6 Å². The van der Waals surface area contributed by atoms with Crippen molar-refractivity contribution in [3.05, 3.63) is 53.3 Å². The second-order valence-corrected chi connectivity index (χ2v) is 7.51. The van der Waals surface area contributed by atoms with Crippen LogP contribution in [-0.2, 0) is 10.2 Å². The Labute approximate surface area is 156 Å². The van der Waals surface area contributed by atoms with Crippen molar-refractivity contribution in [3.8, 4) is 11.3 Å². The van der Waals surface area contributed by atoms with Crippen LogP contribution in [-0.4, -0.2) is 19.6 Å². The number of methoxy groups -OCH3 is 1. The predicted octanol–water partition coefficient (Wildman–Crippen LogP) is 5.26. The Morgan fingerprint density at radius 3 is 2.67 bits per heavy atom. The summed E-state index contributed by atoms with van der Waals surface area (Å²) in [5, 5.41) is 4.27. The van der Waals surface area contributed by atoms with Gasteiger partial charge >= 0.3 is 5.97 Å². The number of anilines is 1. The number of benzene rings is 2. The fraction of sp³-hybridized carbons (Fsp3) is 0.318. The molecule has 1 N–H and O–H groups in total. The molecule has 1 aliphatic carbocycles. The van der Waals surface area contributed by atoms with Crippen LogP contribution in [0.1, 0.15) is 41.6 Å². The molecular formula is C22H20FNO3. The van der Waals surface area contributed by atoms with Gasteiger partial charge in [-0.3, -0.25) is 0 Å². The molecule has 4 nitrogen and oxygen atoms in total. The first kappa shape index (κ1) is 16.4. The van der Waals surface area contributed by atoms with Gasteiger partial charge in [0.2, 0.25) is 0 Å². The maximum absolute atomic E-state index is 13.3. The van der Waals surface area contributed by atoms with Crippen molar-refractivity contribution < 1.29 is 18.3 Å². The maximum Gasteiger partial charge on any atom is 0.342 e. The van der Waals surface area contributed by atoms with Crippen molar-refractivity contribution in [2.24, 2.45) is 0 Å². The Kier molecular flexibility index (Phi) is 3.54. The van der Waals surface area contributed by atoms with Crippen LogP contribution < -0.4 is 5.32 Å². The van der Waals surface area contributed by atoms with Crippen molar-refractivity contribution in [1.29, 1.82) is 0 Å². The number of esters is 1. The molecular weight excluding hydrogens is 345 g/mol. The van der Waals surface area contributed by atoms with Gasteiger partial charge in [-0.05, 0) is 67.0 Å². The molecule has 2 aliphatic rings. The topological polar surface area (TPSA) is 51.5 Å². The average Bonchev–Trinajstić information content (AvgIpc) is 3.41. The van der Waals surface area contributed by atoms with Crippen LogP contribution in [0.2, 0.25) is 0 Å². The Morgan fingerprint density at radius 1 is 1.19 bits per heavy atom. The van der Waals surface area contributed by atoms with Gasteiger partial charge in [-0.15, -0.1) is 0 Å². The zero-order valence-corrected chi connectivity index (χ0v) is 15.1. The molecule has 1 aromatic heterocycles. The smallest absolute Gasteiger partial charge is 0.342 e. The van der Waals surface area contributed by atoms with Crippen LogP contribution in [0.3, 0.4) is 0 Å². The third-order valence-corrected chi connectivity index (χ3v) is 5.90. The first-order valence-corrected chi connectivity index (χ1v) is 9.30. The van der Waals surface area contributed by atoms with E-state index in [2.05, 4.69) is 11.4 Å². The third kappa shape index (κ3) is 2.52. The van der Waals surface area contributed by atoms with Gasteiger partial charge in [0.25, 0.3) is 0 Å². The molecule has 2 aromatic carbocycles. The Balaban J connectivity index is 1.77. The van der Waals surface area contributed by atoms with Crippen molar-refractivity contribution in [1.82, 2.24) is 0 Å². The summed E-state index contributed by atoms with van der Waals surface area (Å²) >= 11 is 0. The molecule has 2 heterocycles. The average molecular weight is 365 g/mol. The second-order valence-electron chi connectivity index (χ2n) is 7.51. The summed E-state index contributed by atoms with van der Waals surface area (Å²) in [7, 11) is 1.36. The summed E-state index contributed by atoms with van der Waals surface area (Å²) in [5.74, 6) is -0.359. The highest BCUT2D eigenvalue weighted by molar-refractivity contribution is 6.09. The molecule has 5 heteroatoms. The zero-order chi connectivity index (χ0) is 18.6. The molecule has 138 valence electrons. The molecule has 5 rings (SSSR count). The highest BCUT2D eigenvalue weighted by Crippen LogP contribution is 2.56. The highest BCUT2D eigenvalue weighted by atomic mass is 19.1. The van der Waals surface area contributed by atoms with E-state index in [1.807, 2.05) is 6.07 Å². The fourth-order valence-electron chi connectivity index (χ4n) is 4.29. The minimum atomic E-state index is -0.445. The maximum atomic E-state index is 13.3. The third-order valence-electron chi connectivity index (χ3n) is 5.90. The molecule has 3 aromatic rings. The van der Waals surface area contributed by atoms with Crippen LogP contribution in [0, 0.1) is 5.82 Å². The van der Waals surface area contributed by atoms with Crippen LogP contribution >= 0.6 is 0 Å². The molecule has 0 saturated heterocycles. The quantitative estimate of drug-likeness (QED) is 0.629. The molecule has 0 amide bonds. The Bertz CT molecular complexity index is 1050. The summed E-state index contributed by atoms with van der Waals surface area (Å²) in [6, 6.07) is 10.0. The number of halogens is 1. The minimum absolute atomic E-state index is 0.230. The van der Waals surface area contributed by atoms with E-state index in [1.165, 1.54) is 37.6 Å². The Morgan fingerprint density at radius 2 is 1.96 bits per heavy atom. The lowest BCUT2D eigenvalue weighted by atomic mass is 9.89. The molecule has 0 unspecified atom stereocenters. The number of carbonyl (C=O) groups excluding carboxylic acids is 1. The van der Waals surface area contributed by atoms with E-state index in [4.69, 9.17) is 9.15 Å². The van der Waals surface area contributed by atoms with Crippen molar-refractivity contribution in [3.63, 3.8) is 0 Å². The molecule has 27 heavy (non-hydrogen) atoms. The molecule has 0 atom stereocenters. The van der Waals surface area contributed by atoms with E-state index in [1.54, 1.807) is 12.1 Å². The predicted molar refractivity (Wildman–Crippen MR) is 102 cm³/mol. The zero-order valence-electron chi connectivity index (χ0n) is 15.1. The first-order chi connectivity index (χ1) is 13.1. The summed E-state index contributed by atoms with van der Waals surface area (Å²) in [5.41, 5.74) is 4.28. The van der Waals surface area contributed by atoms with E-state index in [0.29, 0.717) is 22.5 Å². The molecule has 0 bridgehead atoms. The number of rotatable bonds is 2. The van der Waals surface area contributed by atoms with Crippen LogP contribution in [0.4, 0.5) is 10.1 Å². The summed E-state index contributed by atoms with van der Waals surface area (Å²) < 4.78 is 24.5. The minimum Gasteiger partial charge on any atom is -0.465 e. The second kappa shape index (κ2) is 5.84. The number of nitrogens with one attached hydrogen (secondary N) is 1. The van der Waals surface area contributed by atoms with Crippen LogP contribution in [0.25, 0.3) is 22.3 Å². The van der Waals surface area contributed by atoms with Crippen molar-refractivity contribution in [2.75, 3.05) is 19.0 Å². The molecule has 0 radical (unpaired) electrons. The summed E-state index contributed by atoms with van der Waals surface area (Å²) in [6.45, 7) is 0.940. The number of fused-ring (bicyclic) bond motifs is 3. The number of hydrogen-bond acceptors (Lipinski definition) is 4. The fourth-order valence-corrected chi connectivity index (χ4v) is 4.29. The van der Waals surface area contributed by atoms with E-state index in [9.17, 15) is 9.18 Å². The number of carbonyl (C=O) groups is 1. The molecule has 1 fully saturated rings. The van der Waals surface area contributed by atoms with Gasteiger partial charge in [-0.1, -0.05) is 0 Å². The van der Waals surface area contributed by atoms with Gasteiger partial charge in [-0.2, -0.15) is 0 Å². The van der Waals surface area contributed by atoms with E-state index >= 15 is 0 Å². The SMILES string of the molecule is COC(=O)c1c(-c2ccc(F)cc2)oc2cc3c(cc12)C1(CCCN3)CC1. The summed E-state index contributed by atoms with van der Waals surface area (Å²) in [4.78, 5) is 12.6. The van der Waals surface area contributed by atoms with Gasteiger partial charge in [-0.25, -0.2) is 9.18 Å². The highest BCUT2D eigenvalue weighted by Gasteiger charge is 2.46. The lowest BCUT2D eigenvalue weighted by molar-refractivity contribution is 0.0603. The number of hydrogen-bond donors (Lipinski definition) is 1. The largest absolute Gasteiger partial charge is 0.465 e. The number of furan rings is 1. The monoisotopic (exact) mass is 365 g/mol. The number of ether oxygens (including phenoxy) is 1. The Hall–Kier alpha value is -2.82. The van der Waals surface area contributed by atoms with Gasteiger partial charge < -0.3 is 14.5 Å². The van der Waals surface area contributed by atoms with Crippen LogP contribution in [0.15, 0.2) is 40.8 Å². The van der Waals surface area contributed by atoms with Gasteiger partial charge in [0.05, 0.1) is 7.11 Å². The van der Waals surface area contributed by atoms with E-state index in [-0.39, 0.29) is 11.2 Å². The molecule has 1 aliphatic heterocycles. The van der Waals surface area contributed by atoms with Crippen LogP contribution in [0.5, 0.6) is 0 Å². The van der Waals surface area contributed by atoms with E-state index < -0.39 is 5.97 Å². The normalized spacial score (nSPS) is 17.3. The van der Waals surface area contributed by atoms with E-state index in [0.717, 1.165) is 30.5 Å².